The van der Waals surface area contributed by atoms with Crippen LogP contribution in [0.4, 0.5) is 0 Å². The summed E-state index contributed by atoms with van der Waals surface area (Å²) in [6.45, 7) is 10.1. The van der Waals surface area contributed by atoms with E-state index in [2.05, 4.69) is 18.5 Å². The summed E-state index contributed by atoms with van der Waals surface area (Å²) in [5, 5.41) is 3.18. The molecule has 2 heteroatoms. The molecule has 0 bridgehead atoms. The van der Waals surface area contributed by atoms with E-state index in [-0.39, 0.29) is 6.10 Å². The first-order valence-electron chi connectivity index (χ1n) is 3.67. The van der Waals surface area contributed by atoms with Gasteiger partial charge in [-0.05, 0) is 19.1 Å². The normalized spacial score (nSPS) is 23.5. The van der Waals surface area contributed by atoms with E-state index in [0.717, 1.165) is 18.0 Å². The van der Waals surface area contributed by atoms with Gasteiger partial charge in [-0.3, -0.25) is 0 Å². The third-order valence-electron chi connectivity index (χ3n) is 1.56. The molecule has 0 saturated heterocycles. The highest BCUT2D eigenvalue weighted by Gasteiger charge is 2.13. The minimum atomic E-state index is 0.215. The first kappa shape index (κ1) is 7.92. The minimum Gasteiger partial charge on any atom is -0.487 e. The number of allylic oxidation sites excluding steroid dienone is 2. The second-order valence-electron chi connectivity index (χ2n) is 2.50. The number of hydrogen-bond donors (Lipinski definition) is 1. The smallest absolute Gasteiger partial charge is 0.142 e. The van der Waals surface area contributed by atoms with Crippen LogP contribution in [-0.4, -0.2) is 12.6 Å². The predicted molar refractivity (Wildman–Crippen MR) is 46.0 cm³/mol. The molecule has 0 aromatic heterocycles. The van der Waals surface area contributed by atoms with Gasteiger partial charge in [0, 0.05) is 0 Å². The summed E-state index contributed by atoms with van der Waals surface area (Å²) in [5.41, 5.74) is 0.929. The van der Waals surface area contributed by atoms with Crippen molar-refractivity contribution < 1.29 is 4.74 Å². The van der Waals surface area contributed by atoms with Crippen molar-refractivity contribution in [2.45, 2.75) is 13.0 Å². The van der Waals surface area contributed by atoms with Gasteiger partial charge in [0.15, 0.2) is 0 Å². The second kappa shape index (κ2) is 3.28. The van der Waals surface area contributed by atoms with Crippen LogP contribution in [0.5, 0.6) is 0 Å². The van der Waals surface area contributed by atoms with Crippen LogP contribution in [0.2, 0.25) is 0 Å². The number of nitrogens with one attached hydrogen (secondary N) is 1. The minimum absolute atomic E-state index is 0.215. The molecule has 0 fully saturated rings. The molecule has 0 amide bonds. The van der Waals surface area contributed by atoms with Gasteiger partial charge in [0.25, 0.3) is 0 Å². The Morgan fingerprint density at radius 2 is 2.27 bits per heavy atom. The zero-order valence-electron chi connectivity index (χ0n) is 6.76. The first-order valence-corrected chi connectivity index (χ1v) is 3.67. The molecule has 0 saturated carbocycles. The van der Waals surface area contributed by atoms with E-state index in [1.807, 2.05) is 6.92 Å². The van der Waals surface area contributed by atoms with Crippen molar-refractivity contribution in [3.63, 3.8) is 0 Å². The van der Waals surface area contributed by atoms with E-state index in [0.29, 0.717) is 0 Å². The van der Waals surface area contributed by atoms with Crippen LogP contribution in [0.1, 0.15) is 6.92 Å². The molecule has 0 spiro atoms. The Morgan fingerprint density at radius 3 is 2.82 bits per heavy atom. The lowest BCUT2D eigenvalue weighted by atomic mass is 10.2. The summed E-state index contributed by atoms with van der Waals surface area (Å²) >= 11 is 0. The Labute approximate surface area is 67.2 Å². The standard InChI is InChI=1S/C9H13NO/c1-4-8-9(5-2)11-7(3)6-10-8/h4-5,7,10H,1-2,6H2,3H3. The van der Waals surface area contributed by atoms with Crippen molar-refractivity contribution in [1.29, 1.82) is 0 Å². The molecule has 1 aliphatic heterocycles. The fourth-order valence-corrected chi connectivity index (χ4v) is 0.994. The zero-order chi connectivity index (χ0) is 8.27. The van der Waals surface area contributed by atoms with Gasteiger partial charge in [-0.2, -0.15) is 0 Å². The molecule has 11 heavy (non-hydrogen) atoms. The fourth-order valence-electron chi connectivity index (χ4n) is 0.994. The van der Waals surface area contributed by atoms with Gasteiger partial charge in [0.1, 0.15) is 11.9 Å². The highest BCUT2D eigenvalue weighted by Crippen LogP contribution is 2.13. The van der Waals surface area contributed by atoms with Crippen molar-refractivity contribution in [1.82, 2.24) is 5.32 Å². The van der Waals surface area contributed by atoms with E-state index in [1.54, 1.807) is 12.2 Å². The first-order chi connectivity index (χ1) is 5.27. The molecule has 0 aliphatic carbocycles. The molecule has 0 aromatic carbocycles. The monoisotopic (exact) mass is 151 g/mol. The third kappa shape index (κ3) is 1.64. The summed E-state index contributed by atoms with van der Waals surface area (Å²) in [6.07, 6.45) is 3.65. The van der Waals surface area contributed by atoms with Gasteiger partial charge in [0.2, 0.25) is 0 Å². The van der Waals surface area contributed by atoms with Crippen molar-refractivity contribution in [3.8, 4) is 0 Å². The molecular weight excluding hydrogens is 138 g/mol. The van der Waals surface area contributed by atoms with E-state index >= 15 is 0 Å². The summed E-state index contributed by atoms with van der Waals surface area (Å²) in [5.74, 6) is 0.791. The van der Waals surface area contributed by atoms with Crippen LogP contribution in [0.3, 0.4) is 0 Å². The van der Waals surface area contributed by atoms with Crippen molar-refractivity contribution in [2.24, 2.45) is 0 Å². The van der Waals surface area contributed by atoms with Gasteiger partial charge in [-0.1, -0.05) is 13.2 Å². The Bertz CT molecular complexity index is 206. The lowest BCUT2D eigenvalue weighted by molar-refractivity contribution is 0.124. The van der Waals surface area contributed by atoms with Crippen LogP contribution in [-0.2, 0) is 4.74 Å². The molecule has 0 radical (unpaired) electrons. The Hall–Kier alpha value is -1.18. The maximum absolute atomic E-state index is 5.47. The van der Waals surface area contributed by atoms with Crippen LogP contribution >= 0.6 is 0 Å². The zero-order valence-corrected chi connectivity index (χ0v) is 6.76. The number of ether oxygens (including phenoxy) is 1. The highest BCUT2D eigenvalue weighted by atomic mass is 16.5. The van der Waals surface area contributed by atoms with E-state index in [4.69, 9.17) is 4.74 Å². The third-order valence-corrected chi connectivity index (χ3v) is 1.56. The quantitative estimate of drug-likeness (QED) is 0.647. The van der Waals surface area contributed by atoms with Gasteiger partial charge >= 0.3 is 0 Å². The molecule has 2 nitrogen and oxygen atoms in total. The Kier molecular flexibility index (Phi) is 2.36. The van der Waals surface area contributed by atoms with E-state index < -0.39 is 0 Å². The summed E-state index contributed by atoms with van der Waals surface area (Å²) in [7, 11) is 0. The Morgan fingerprint density at radius 1 is 1.55 bits per heavy atom. The van der Waals surface area contributed by atoms with Crippen molar-refractivity contribution >= 4 is 0 Å². The SMILES string of the molecule is C=CC1=C(C=C)OC(C)CN1. The van der Waals surface area contributed by atoms with Gasteiger partial charge in [-0.25, -0.2) is 0 Å². The molecule has 1 heterocycles. The number of rotatable bonds is 2. The highest BCUT2D eigenvalue weighted by molar-refractivity contribution is 5.27. The van der Waals surface area contributed by atoms with Crippen molar-refractivity contribution in [3.05, 3.63) is 36.8 Å². The molecule has 0 aromatic rings. The summed E-state index contributed by atoms with van der Waals surface area (Å²) in [6, 6.07) is 0. The number of hydrogen-bond acceptors (Lipinski definition) is 2. The van der Waals surface area contributed by atoms with E-state index in [9.17, 15) is 0 Å². The second-order valence-corrected chi connectivity index (χ2v) is 2.50. The van der Waals surface area contributed by atoms with Crippen LogP contribution in [0.15, 0.2) is 36.8 Å². The van der Waals surface area contributed by atoms with Gasteiger partial charge in [0.05, 0.1) is 12.2 Å². The maximum atomic E-state index is 5.47. The molecule has 60 valence electrons. The molecular formula is C9H13NO. The lowest BCUT2D eigenvalue weighted by Gasteiger charge is -2.24. The predicted octanol–water partition coefficient (Wildman–Crippen LogP) is 1.58. The Balaban J connectivity index is 2.82. The molecule has 1 aliphatic rings. The summed E-state index contributed by atoms with van der Waals surface area (Å²) in [4.78, 5) is 0. The molecule has 1 rings (SSSR count). The van der Waals surface area contributed by atoms with Crippen molar-refractivity contribution in [2.75, 3.05) is 6.54 Å². The molecule has 1 N–H and O–H groups in total. The summed E-state index contributed by atoms with van der Waals surface area (Å²) < 4.78 is 5.47. The van der Waals surface area contributed by atoms with E-state index in [1.165, 1.54) is 0 Å². The average Bonchev–Trinajstić information content (AvgIpc) is 2.04. The van der Waals surface area contributed by atoms with Gasteiger partial charge in [-0.15, -0.1) is 0 Å². The molecule has 1 unspecified atom stereocenters. The van der Waals surface area contributed by atoms with Crippen LogP contribution in [0, 0.1) is 0 Å². The van der Waals surface area contributed by atoms with Gasteiger partial charge < -0.3 is 10.1 Å². The fraction of sp³-hybridized carbons (Fsp3) is 0.333. The largest absolute Gasteiger partial charge is 0.487 e. The average molecular weight is 151 g/mol. The molecule has 1 atom stereocenters. The topological polar surface area (TPSA) is 21.3 Å². The van der Waals surface area contributed by atoms with Crippen LogP contribution < -0.4 is 5.32 Å². The maximum Gasteiger partial charge on any atom is 0.142 e. The van der Waals surface area contributed by atoms with Crippen LogP contribution in [0.25, 0.3) is 0 Å². The lowest BCUT2D eigenvalue weighted by Crippen LogP contribution is -2.31.